The molecule has 1 atom stereocenters. The van der Waals surface area contributed by atoms with Crippen LogP contribution in [0.15, 0.2) is 12.3 Å². The molecule has 2 N–H and O–H groups in total. The molecule has 1 fully saturated rings. The number of hydrogen-bond donors (Lipinski definition) is 1. The van der Waals surface area contributed by atoms with Crippen LogP contribution in [0.3, 0.4) is 0 Å². The Morgan fingerprint density at radius 2 is 1.96 bits per heavy atom. The van der Waals surface area contributed by atoms with Crippen molar-refractivity contribution in [1.29, 1.82) is 0 Å². The number of carbonyl (C=O) groups is 2. The Hall–Kier alpha value is -2.64. The third-order valence-electron chi connectivity index (χ3n) is 5.46. The summed E-state index contributed by atoms with van der Waals surface area (Å²) < 4.78 is 3.87. The predicted molar refractivity (Wildman–Crippen MR) is 94.5 cm³/mol. The van der Waals surface area contributed by atoms with Gasteiger partial charge in [-0.25, -0.2) is 0 Å². The van der Waals surface area contributed by atoms with Crippen molar-refractivity contribution in [2.45, 2.75) is 51.1 Å². The Labute approximate surface area is 152 Å². The number of hydrogen-bond acceptors (Lipinski definition) is 4. The summed E-state index contributed by atoms with van der Waals surface area (Å²) in [5.74, 6) is 1.32. The van der Waals surface area contributed by atoms with Crippen molar-refractivity contribution in [1.82, 2.24) is 24.2 Å². The van der Waals surface area contributed by atoms with Gasteiger partial charge < -0.3 is 19.8 Å². The molecule has 0 spiro atoms. The number of rotatable bonds is 3. The van der Waals surface area contributed by atoms with Gasteiger partial charge in [0.1, 0.15) is 11.5 Å². The van der Waals surface area contributed by atoms with Crippen LogP contribution < -0.4 is 5.73 Å². The molecular weight excluding hydrogens is 332 g/mol. The quantitative estimate of drug-likeness (QED) is 0.899. The summed E-state index contributed by atoms with van der Waals surface area (Å²) in [6.07, 6.45) is 7.74. The van der Waals surface area contributed by atoms with Gasteiger partial charge in [0.05, 0.1) is 11.6 Å². The van der Waals surface area contributed by atoms with E-state index in [2.05, 4.69) is 14.8 Å². The number of aryl methyl sites for hydroxylation is 2. The molecule has 0 saturated carbocycles. The van der Waals surface area contributed by atoms with Crippen molar-refractivity contribution < 1.29 is 9.59 Å². The van der Waals surface area contributed by atoms with Crippen LogP contribution in [-0.2, 0) is 20.0 Å². The predicted octanol–water partition coefficient (Wildman–Crippen LogP) is 1.42. The van der Waals surface area contributed by atoms with Crippen molar-refractivity contribution >= 4 is 11.8 Å². The summed E-state index contributed by atoms with van der Waals surface area (Å²) in [5.41, 5.74) is 6.18. The van der Waals surface area contributed by atoms with Gasteiger partial charge >= 0.3 is 0 Å². The summed E-state index contributed by atoms with van der Waals surface area (Å²) >= 11 is 0. The van der Waals surface area contributed by atoms with Crippen LogP contribution in [0, 0.1) is 0 Å². The van der Waals surface area contributed by atoms with Crippen LogP contribution in [0.5, 0.6) is 0 Å². The van der Waals surface area contributed by atoms with E-state index >= 15 is 0 Å². The topological polar surface area (TPSA) is 99.0 Å². The number of piperidine rings is 1. The standard InChI is InChI=1S/C18H24N6O2/c1-22-11-12(16(19)25)10-14(22)18(26)23-8-4-2-6-13(23)17-21-20-15-7-3-5-9-24(15)17/h10-11,13H,2-9H2,1H3,(H2,19,25). The van der Waals surface area contributed by atoms with Crippen LogP contribution in [0.25, 0.3) is 0 Å². The smallest absolute Gasteiger partial charge is 0.271 e. The highest BCUT2D eigenvalue weighted by atomic mass is 16.2. The van der Waals surface area contributed by atoms with Gasteiger partial charge in [-0.2, -0.15) is 0 Å². The normalized spacial score (nSPS) is 20.0. The maximum absolute atomic E-state index is 13.2. The highest BCUT2D eigenvalue weighted by Crippen LogP contribution is 2.32. The maximum Gasteiger partial charge on any atom is 0.271 e. The summed E-state index contributed by atoms with van der Waals surface area (Å²) in [4.78, 5) is 26.5. The monoisotopic (exact) mass is 356 g/mol. The molecule has 0 aliphatic carbocycles. The van der Waals surface area contributed by atoms with Crippen LogP contribution in [0.2, 0.25) is 0 Å². The summed E-state index contributed by atoms with van der Waals surface area (Å²) in [6.45, 7) is 1.61. The molecule has 2 amide bonds. The average molecular weight is 356 g/mol. The fraction of sp³-hybridized carbons (Fsp3) is 0.556. The van der Waals surface area contributed by atoms with Crippen molar-refractivity contribution in [3.8, 4) is 0 Å². The van der Waals surface area contributed by atoms with Crippen LogP contribution in [0.1, 0.15) is 70.6 Å². The Balaban J connectivity index is 1.67. The number of likely N-dealkylation sites (tertiary alicyclic amines) is 1. The van der Waals surface area contributed by atoms with E-state index in [4.69, 9.17) is 5.73 Å². The maximum atomic E-state index is 13.2. The van der Waals surface area contributed by atoms with Gasteiger partial charge in [0.2, 0.25) is 5.91 Å². The second-order valence-electron chi connectivity index (χ2n) is 7.18. The van der Waals surface area contributed by atoms with Gasteiger partial charge in [-0.15, -0.1) is 10.2 Å². The van der Waals surface area contributed by atoms with Crippen LogP contribution >= 0.6 is 0 Å². The molecule has 8 nitrogen and oxygen atoms in total. The van der Waals surface area contributed by atoms with Gasteiger partial charge in [0.25, 0.3) is 5.91 Å². The second-order valence-corrected chi connectivity index (χ2v) is 7.18. The summed E-state index contributed by atoms with van der Waals surface area (Å²) in [7, 11) is 1.76. The van der Waals surface area contributed by atoms with Crippen molar-refractivity contribution in [3.05, 3.63) is 35.2 Å². The highest BCUT2D eigenvalue weighted by molar-refractivity contribution is 5.98. The first kappa shape index (κ1) is 16.8. The van der Waals surface area contributed by atoms with Crippen LogP contribution in [0.4, 0.5) is 0 Å². The number of primary amides is 1. The number of fused-ring (bicyclic) bond motifs is 1. The Bertz CT molecular complexity index is 852. The molecule has 26 heavy (non-hydrogen) atoms. The zero-order valence-electron chi connectivity index (χ0n) is 15.0. The second kappa shape index (κ2) is 6.59. The van der Waals surface area contributed by atoms with E-state index < -0.39 is 5.91 Å². The van der Waals surface area contributed by atoms with E-state index in [9.17, 15) is 9.59 Å². The molecule has 4 rings (SSSR count). The first-order valence-corrected chi connectivity index (χ1v) is 9.25. The van der Waals surface area contributed by atoms with Gasteiger partial charge in [-0.3, -0.25) is 9.59 Å². The first-order valence-electron chi connectivity index (χ1n) is 9.25. The SMILES string of the molecule is Cn1cc(C(N)=O)cc1C(=O)N1CCCCC1c1nnc2n1CCCC2. The van der Waals surface area contributed by atoms with E-state index in [1.54, 1.807) is 23.9 Å². The average Bonchev–Trinajstić information content (AvgIpc) is 3.25. The minimum absolute atomic E-state index is 0.0671. The number of nitrogens with two attached hydrogens (primary N) is 1. The molecule has 4 heterocycles. The van der Waals surface area contributed by atoms with E-state index in [0.717, 1.165) is 56.7 Å². The molecule has 8 heteroatoms. The van der Waals surface area contributed by atoms with Crippen molar-refractivity contribution in [3.63, 3.8) is 0 Å². The number of nitrogens with zero attached hydrogens (tertiary/aromatic N) is 5. The van der Waals surface area contributed by atoms with E-state index in [-0.39, 0.29) is 11.9 Å². The largest absolute Gasteiger partial charge is 0.366 e. The van der Waals surface area contributed by atoms with Crippen molar-refractivity contribution in [2.75, 3.05) is 6.54 Å². The third kappa shape index (κ3) is 2.79. The number of amides is 2. The van der Waals surface area contributed by atoms with Gasteiger partial charge in [0, 0.05) is 32.8 Å². The lowest BCUT2D eigenvalue weighted by Gasteiger charge is -2.35. The van der Waals surface area contributed by atoms with E-state index in [1.807, 2.05) is 4.90 Å². The van der Waals surface area contributed by atoms with E-state index in [1.165, 1.54) is 0 Å². The van der Waals surface area contributed by atoms with Gasteiger partial charge in [0.15, 0.2) is 5.82 Å². The fourth-order valence-electron chi connectivity index (χ4n) is 4.08. The third-order valence-corrected chi connectivity index (χ3v) is 5.46. The number of carbonyl (C=O) groups excluding carboxylic acids is 2. The minimum Gasteiger partial charge on any atom is -0.366 e. The molecule has 0 aromatic carbocycles. The molecule has 2 aliphatic heterocycles. The zero-order valence-corrected chi connectivity index (χ0v) is 15.0. The lowest BCUT2D eigenvalue weighted by atomic mass is 10.00. The Morgan fingerprint density at radius 1 is 1.15 bits per heavy atom. The fourth-order valence-corrected chi connectivity index (χ4v) is 4.08. The van der Waals surface area contributed by atoms with E-state index in [0.29, 0.717) is 17.8 Å². The summed E-state index contributed by atoms with van der Waals surface area (Å²) in [5, 5.41) is 8.79. The molecule has 2 aromatic rings. The Morgan fingerprint density at radius 3 is 2.73 bits per heavy atom. The molecule has 2 aromatic heterocycles. The zero-order chi connectivity index (χ0) is 18.3. The molecule has 138 valence electrons. The first-order chi connectivity index (χ1) is 12.6. The molecule has 0 radical (unpaired) electrons. The number of aromatic nitrogens is 4. The molecule has 1 saturated heterocycles. The molecule has 0 bridgehead atoms. The molecular formula is C18H24N6O2. The lowest BCUT2D eigenvalue weighted by molar-refractivity contribution is 0.0583. The summed E-state index contributed by atoms with van der Waals surface area (Å²) in [6, 6.07) is 1.51. The lowest BCUT2D eigenvalue weighted by Crippen LogP contribution is -2.40. The van der Waals surface area contributed by atoms with Crippen molar-refractivity contribution in [2.24, 2.45) is 12.8 Å². The Kier molecular flexibility index (Phi) is 4.26. The molecule has 1 unspecified atom stereocenters. The van der Waals surface area contributed by atoms with Gasteiger partial charge in [-0.1, -0.05) is 0 Å². The minimum atomic E-state index is -0.527. The van der Waals surface area contributed by atoms with Crippen LogP contribution in [-0.4, -0.2) is 42.6 Å². The highest BCUT2D eigenvalue weighted by Gasteiger charge is 2.34. The molecule has 2 aliphatic rings. The van der Waals surface area contributed by atoms with Gasteiger partial charge in [-0.05, 0) is 38.2 Å².